The summed E-state index contributed by atoms with van der Waals surface area (Å²) in [5.74, 6) is -0.418. The van der Waals surface area contributed by atoms with Gasteiger partial charge < -0.3 is 20.2 Å². The van der Waals surface area contributed by atoms with Crippen molar-refractivity contribution in [1.82, 2.24) is 4.98 Å². The first-order valence-electron chi connectivity index (χ1n) is 11.9. The number of anilines is 1. The summed E-state index contributed by atoms with van der Waals surface area (Å²) in [6.45, 7) is 4.09. The van der Waals surface area contributed by atoms with E-state index in [9.17, 15) is 18.4 Å². The number of primary amides is 1. The number of alkyl halides is 2. The van der Waals surface area contributed by atoms with Gasteiger partial charge in [-0.2, -0.15) is 0 Å². The van der Waals surface area contributed by atoms with Crippen molar-refractivity contribution in [3.63, 3.8) is 0 Å². The number of thiophene rings is 1. The smallest absolute Gasteiger partial charge is 0.291 e. The van der Waals surface area contributed by atoms with Crippen molar-refractivity contribution in [1.29, 1.82) is 0 Å². The first-order chi connectivity index (χ1) is 18.7. The van der Waals surface area contributed by atoms with E-state index >= 15 is 0 Å². The van der Waals surface area contributed by atoms with Gasteiger partial charge in [0.15, 0.2) is 5.76 Å². The normalized spacial score (nSPS) is 11.2. The second-order valence-corrected chi connectivity index (χ2v) is 9.87. The van der Waals surface area contributed by atoms with Gasteiger partial charge in [-0.15, -0.1) is 11.3 Å². The van der Waals surface area contributed by atoms with Crippen LogP contribution < -0.4 is 15.8 Å². The Labute approximate surface area is 226 Å². The summed E-state index contributed by atoms with van der Waals surface area (Å²) in [5.41, 5.74) is 8.47. The highest BCUT2D eigenvalue weighted by Gasteiger charge is 2.26. The summed E-state index contributed by atoms with van der Waals surface area (Å²) in [4.78, 5) is 29.7. The van der Waals surface area contributed by atoms with Gasteiger partial charge >= 0.3 is 0 Å². The number of aryl methyl sites for hydroxylation is 2. The number of benzene rings is 2. The number of furan rings is 1. The molecule has 3 aromatic heterocycles. The van der Waals surface area contributed by atoms with E-state index < -0.39 is 23.9 Å². The highest BCUT2D eigenvalue weighted by Crippen LogP contribution is 2.42. The van der Waals surface area contributed by atoms with E-state index in [2.05, 4.69) is 10.3 Å². The van der Waals surface area contributed by atoms with Crippen molar-refractivity contribution >= 4 is 39.1 Å². The Balaban J connectivity index is 1.47. The van der Waals surface area contributed by atoms with Crippen molar-refractivity contribution in [2.45, 2.75) is 26.9 Å². The summed E-state index contributed by atoms with van der Waals surface area (Å²) in [5, 5.41) is 3.04. The Kier molecular flexibility index (Phi) is 7.12. The Morgan fingerprint density at radius 1 is 1.05 bits per heavy atom. The first-order valence-corrected chi connectivity index (χ1v) is 12.7. The minimum absolute atomic E-state index is 0.0145. The van der Waals surface area contributed by atoms with Gasteiger partial charge in [-0.05, 0) is 66.4 Å². The van der Waals surface area contributed by atoms with Crippen LogP contribution in [0.25, 0.3) is 21.3 Å². The molecule has 2 amide bonds. The second kappa shape index (κ2) is 10.7. The van der Waals surface area contributed by atoms with Crippen LogP contribution in [-0.4, -0.2) is 16.8 Å². The lowest BCUT2D eigenvalue weighted by Gasteiger charge is -2.10. The quantitative estimate of drug-likeness (QED) is 0.217. The van der Waals surface area contributed by atoms with Crippen LogP contribution in [0.15, 0.2) is 71.1 Å². The lowest BCUT2D eigenvalue weighted by Crippen LogP contribution is -2.16. The van der Waals surface area contributed by atoms with Gasteiger partial charge in [-0.3, -0.25) is 9.59 Å². The van der Waals surface area contributed by atoms with Crippen molar-refractivity contribution in [3.05, 3.63) is 99.9 Å². The van der Waals surface area contributed by atoms with Gasteiger partial charge in [0, 0.05) is 5.39 Å². The van der Waals surface area contributed by atoms with Crippen LogP contribution in [0.2, 0.25) is 0 Å². The number of carbonyl (C=O) groups excluding carboxylic acids is 2. The number of halogens is 2. The fourth-order valence-electron chi connectivity index (χ4n) is 4.08. The number of rotatable bonds is 8. The topological polar surface area (TPSA) is 107 Å². The van der Waals surface area contributed by atoms with Crippen LogP contribution in [0.4, 0.5) is 14.5 Å². The van der Waals surface area contributed by atoms with E-state index in [0.717, 1.165) is 22.5 Å². The number of nitrogens with one attached hydrogen (secondary N) is 1. The SMILES string of the molecule is Cc1ccc(OCc2ccc(C(=O)Nc3c(C(N)=O)sc4nc(C(F)F)cc(-c5ccccc5)c34)o2)cc1C. The molecule has 0 radical (unpaired) electrons. The Morgan fingerprint density at radius 2 is 1.82 bits per heavy atom. The fraction of sp³-hybridized carbons (Fsp3) is 0.138. The maximum absolute atomic E-state index is 13.7. The molecule has 0 aliphatic rings. The van der Waals surface area contributed by atoms with Crippen LogP contribution >= 0.6 is 11.3 Å². The zero-order valence-electron chi connectivity index (χ0n) is 21.0. The zero-order chi connectivity index (χ0) is 27.7. The summed E-state index contributed by atoms with van der Waals surface area (Å²) < 4.78 is 38.8. The third-order valence-corrected chi connectivity index (χ3v) is 7.30. The van der Waals surface area contributed by atoms with E-state index in [1.165, 1.54) is 12.1 Å². The second-order valence-electron chi connectivity index (χ2n) is 8.87. The number of nitrogens with zero attached hydrogens (tertiary/aromatic N) is 1. The number of amides is 2. The molecule has 7 nitrogen and oxygen atoms in total. The molecule has 0 aliphatic carbocycles. The number of carbonyl (C=O) groups is 2. The number of hydrogen-bond acceptors (Lipinski definition) is 6. The summed E-state index contributed by atoms with van der Waals surface area (Å²) in [6.07, 6.45) is -2.83. The molecular formula is C29H23F2N3O4S. The molecule has 39 heavy (non-hydrogen) atoms. The van der Waals surface area contributed by atoms with Gasteiger partial charge in [-0.25, -0.2) is 13.8 Å². The van der Waals surface area contributed by atoms with E-state index in [-0.39, 0.29) is 27.8 Å². The molecule has 198 valence electrons. The molecule has 0 bridgehead atoms. The molecule has 0 saturated carbocycles. The summed E-state index contributed by atoms with van der Waals surface area (Å²) in [6, 6.07) is 18.9. The predicted molar refractivity (Wildman–Crippen MR) is 145 cm³/mol. The van der Waals surface area contributed by atoms with Crippen molar-refractivity contribution in [2.75, 3.05) is 5.32 Å². The number of fused-ring (bicyclic) bond motifs is 1. The molecular weight excluding hydrogens is 524 g/mol. The molecule has 0 aliphatic heterocycles. The molecule has 5 rings (SSSR count). The van der Waals surface area contributed by atoms with E-state index in [0.29, 0.717) is 28.0 Å². The van der Waals surface area contributed by atoms with E-state index in [1.807, 2.05) is 32.0 Å². The van der Waals surface area contributed by atoms with E-state index in [1.54, 1.807) is 36.4 Å². The average Bonchev–Trinajstić information content (AvgIpc) is 3.54. The standard InChI is InChI=1S/C29H23F2N3O4S/c1-15-8-9-18(12-16(15)2)37-14-19-10-11-22(38-19)28(36)34-24-23-20(17-6-4-3-5-7-17)13-21(26(30)31)33-29(23)39-25(24)27(32)35/h3-13,26H,14H2,1-2H3,(H2,32,35)(H,34,36). The van der Waals surface area contributed by atoms with Crippen LogP contribution in [-0.2, 0) is 6.61 Å². The first kappa shape index (κ1) is 26.1. The van der Waals surface area contributed by atoms with Crippen molar-refractivity contribution in [3.8, 4) is 16.9 Å². The minimum Gasteiger partial charge on any atom is -0.486 e. The molecule has 2 aromatic carbocycles. The Hall–Kier alpha value is -4.57. The zero-order valence-corrected chi connectivity index (χ0v) is 21.8. The van der Waals surface area contributed by atoms with Crippen molar-refractivity contribution in [2.24, 2.45) is 5.73 Å². The maximum atomic E-state index is 13.7. The lowest BCUT2D eigenvalue weighted by atomic mass is 10.0. The van der Waals surface area contributed by atoms with Gasteiger partial charge in [0.2, 0.25) is 0 Å². The maximum Gasteiger partial charge on any atom is 0.291 e. The monoisotopic (exact) mass is 547 g/mol. The van der Waals surface area contributed by atoms with Crippen LogP contribution in [0, 0.1) is 13.8 Å². The average molecular weight is 548 g/mol. The van der Waals surface area contributed by atoms with E-state index in [4.69, 9.17) is 14.9 Å². The van der Waals surface area contributed by atoms with Crippen LogP contribution in [0.1, 0.15) is 49.2 Å². The molecule has 10 heteroatoms. The van der Waals surface area contributed by atoms with Crippen LogP contribution in [0.3, 0.4) is 0 Å². The third-order valence-electron chi connectivity index (χ3n) is 6.20. The minimum atomic E-state index is -2.83. The molecule has 0 saturated heterocycles. The highest BCUT2D eigenvalue weighted by atomic mass is 32.1. The number of nitrogens with two attached hydrogens (primary N) is 1. The molecule has 0 spiro atoms. The molecule has 3 heterocycles. The molecule has 0 unspecified atom stereocenters. The summed E-state index contributed by atoms with van der Waals surface area (Å²) >= 11 is 0.838. The highest BCUT2D eigenvalue weighted by molar-refractivity contribution is 7.21. The summed E-state index contributed by atoms with van der Waals surface area (Å²) in [7, 11) is 0. The molecule has 5 aromatic rings. The lowest BCUT2D eigenvalue weighted by molar-refractivity contribution is 0.0992. The van der Waals surface area contributed by atoms with Gasteiger partial charge in [0.05, 0.1) is 5.69 Å². The Bertz CT molecular complexity index is 1700. The number of pyridine rings is 1. The van der Waals surface area contributed by atoms with Crippen molar-refractivity contribution < 1.29 is 27.5 Å². The number of hydrogen-bond donors (Lipinski definition) is 2. The van der Waals surface area contributed by atoms with Gasteiger partial charge in [-0.1, -0.05) is 36.4 Å². The third kappa shape index (κ3) is 5.37. The fourth-order valence-corrected chi connectivity index (χ4v) is 5.09. The Morgan fingerprint density at radius 3 is 2.51 bits per heavy atom. The number of ether oxygens (including phenoxy) is 1. The van der Waals surface area contributed by atoms with Gasteiger partial charge in [0.1, 0.15) is 33.5 Å². The molecule has 0 atom stereocenters. The molecule has 3 N–H and O–H groups in total. The van der Waals surface area contributed by atoms with Gasteiger partial charge in [0.25, 0.3) is 18.2 Å². The van der Waals surface area contributed by atoms with Crippen LogP contribution in [0.5, 0.6) is 5.75 Å². The number of aromatic nitrogens is 1. The predicted octanol–water partition coefficient (Wildman–Crippen LogP) is 7.04. The molecule has 0 fully saturated rings. The largest absolute Gasteiger partial charge is 0.486 e.